The van der Waals surface area contributed by atoms with Gasteiger partial charge in [0.2, 0.25) is 11.8 Å². The maximum absolute atomic E-state index is 12.1. The molecule has 0 aliphatic heterocycles. The van der Waals surface area contributed by atoms with Crippen LogP contribution in [0.25, 0.3) is 0 Å². The van der Waals surface area contributed by atoms with E-state index in [0.29, 0.717) is 35.8 Å². The van der Waals surface area contributed by atoms with Gasteiger partial charge in [0.05, 0.1) is 6.54 Å². The van der Waals surface area contributed by atoms with Crippen LogP contribution >= 0.6 is 22.9 Å². The SMILES string of the molecule is O=C(CCCNC(=O)C1CC1)N=c1sccn1Cc1ccccc1Cl. The Morgan fingerprint density at radius 1 is 1.32 bits per heavy atom. The molecule has 0 atom stereocenters. The van der Waals surface area contributed by atoms with Gasteiger partial charge in [-0.3, -0.25) is 9.59 Å². The minimum atomic E-state index is -0.170. The second-order valence-electron chi connectivity index (χ2n) is 6.08. The summed E-state index contributed by atoms with van der Waals surface area (Å²) in [7, 11) is 0. The summed E-state index contributed by atoms with van der Waals surface area (Å²) in [4.78, 5) is 28.4. The summed E-state index contributed by atoms with van der Waals surface area (Å²) < 4.78 is 1.92. The predicted octanol–water partition coefficient (Wildman–Crippen LogP) is 2.99. The Morgan fingerprint density at radius 2 is 2.12 bits per heavy atom. The fourth-order valence-corrected chi connectivity index (χ4v) is 3.36. The van der Waals surface area contributed by atoms with Gasteiger partial charge in [-0.05, 0) is 30.9 Å². The topological polar surface area (TPSA) is 63.5 Å². The molecule has 0 spiro atoms. The summed E-state index contributed by atoms with van der Waals surface area (Å²) in [5, 5.41) is 5.46. The molecule has 132 valence electrons. The second-order valence-corrected chi connectivity index (χ2v) is 7.36. The van der Waals surface area contributed by atoms with Crippen LogP contribution in [0, 0.1) is 5.92 Å². The van der Waals surface area contributed by atoms with Crippen molar-refractivity contribution in [3.8, 4) is 0 Å². The standard InChI is InChI=1S/C18H20ClN3O2S/c19-15-5-2-1-4-14(15)12-22-10-11-25-18(22)21-16(23)6-3-9-20-17(24)13-7-8-13/h1-2,4-5,10-11,13H,3,6-9,12H2,(H,20,24). The number of nitrogens with one attached hydrogen (secondary N) is 1. The molecule has 1 aromatic heterocycles. The lowest BCUT2D eigenvalue weighted by molar-refractivity contribution is -0.122. The molecule has 0 unspecified atom stereocenters. The lowest BCUT2D eigenvalue weighted by Crippen LogP contribution is -2.26. The Labute approximate surface area is 155 Å². The number of hydrogen-bond donors (Lipinski definition) is 1. The summed E-state index contributed by atoms with van der Waals surface area (Å²) in [6, 6.07) is 7.63. The number of rotatable bonds is 7. The third kappa shape index (κ3) is 5.28. The summed E-state index contributed by atoms with van der Waals surface area (Å²) in [5.41, 5.74) is 0.985. The number of amides is 2. The van der Waals surface area contributed by atoms with Crippen LogP contribution in [0.3, 0.4) is 0 Å². The van der Waals surface area contributed by atoms with E-state index in [9.17, 15) is 9.59 Å². The molecule has 1 aromatic carbocycles. The summed E-state index contributed by atoms with van der Waals surface area (Å²) in [6.45, 7) is 1.10. The minimum Gasteiger partial charge on any atom is -0.356 e. The van der Waals surface area contributed by atoms with Crippen LogP contribution < -0.4 is 10.1 Å². The Bertz CT molecular complexity index is 823. The first-order valence-corrected chi connectivity index (χ1v) is 9.62. The third-order valence-electron chi connectivity index (χ3n) is 3.99. The van der Waals surface area contributed by atoms with Crippen molar-refractivity contribution < 1.29 is 9.59 Å². The molecule has 1 saturated carbocycles. The van der Waals surface area contributed by atoms with Crippen molar-refractivity contribution in [3.63, 3.8) is 0 Å². The van der Waals surface area contributed by atoms with Crippen LogP contribution in [0.1, 0.15) is 31.2 Å². The van der Waals surface area contributed by atoms with Crippen LogP contribution in [0.2, 0.25) is 5.02 Å². The molecule has 25 heavy (non-hydrogen) atoms. The zero-order valence-corrected chi connectivity index (χ0v) is 15.4. The van der Waals surface area contributed by atoms with Gasteiger partial charge in [-0.1, -0.05) is 29.8 Å². The van der Waals surface area contributed by atoms with Crippen LogP contribution in [0.4, 0.5) is 0 Å². The van der Waals surface area contributed by atoms with Crippen molar-refractivity contribution in [2.75, 3.05) is 6.54 Å². The monoisotopic (exact) mass is 377 g/mol. The summed E-state index contributed by atoms with van der Waals surface area (Å²) in [5.74, 6) is 0.145. The molecular formula is C18H20ClN3O2S. The lowest BCUT2D eigenvalue weighted by atomic mass is 10.2. The normalized spacial score (nSPS) is 14.5. The molecule has 1 heterocycles. The zero-order chi connectivity index (χ0) is 17.6. The molecule has 1 N–H and O–H groups in total. The molecule has 7 heteroatoms. The van der Waals surface area contributed by atoms with Gasteiger partial charge in [0.15, 0.2) is 4.80 Å². The van der Waals surface area contributed by atoms with Crippen molar-refractivity contribution in [2.45, 2.75) is 32.2 Å². The number of nitrogens with zero attached hydrogens (tertiary/aromatic N) is 2. The van der Waals surface area contributed by atoms with Crippen LogP contribution in [0.15, 0.2) is 40.8 Å². The molecule has 0 bridgehead atoms. The van der Waals surface area contributed by atoms with Gasteiger partial charge in [-0.25, -0.2) is 0 Å². The average Bonchev–Trinajstić information content (AvgIpc) is 3.36. The van der Waals surface area contributed by atoms with Crippen molar-refractivity contribution >= 4 is 34.8 Å². The number of aromatic nitrogens is 1. The minimum absolute atomic E-state index is 0.111. The number of carbonyl (C=O) groups is 2. The highest BCUT2D eigenvalue weighted by Crippen LogP contribution is 2.28. The number of halogens is 1. The van der Waals surface area contributed by atoms with Crippen LogP contribution in [-0.4, -0.2) is 22.9 Å². The lowest BCUT2D eigenvalue weighted by Gasteiger charge is -2.05. The first-order valence-electron chi connectivity index (χ1n) is 8.36. The van der Waals surface area contributed by atoms with E-state index in [2.05, 4.69) is 10.3 Å². The molecule has 0 saturated heterocycles. The van der Waals surface area contributed by atoms with E-state index in [1.165, 1.54) is 11.3 Å². The molecule has 1 aliphatic rings. The fraction of sp³-hybridized carbons (Fsp3) is 0.389. The van der Waals surface area contributed by atoms with Gasteiger partial charge in [-0.2, -0.15) is 4.99 Å². The Kier molecular flexibility index (Phi) is 6.04. The molecular weight excluding hydrogens is 358 g/mol. The number of hydrogen-bond acceptors (Lipinski definition) is 3. The number of carbonyl (C=O) groups excluding carboxylic acids is 2. The van der Waals surface area contributed by atoms with E-state index < -0.39 is 0 Å². The maximum Gasteiger partial charge on any atom is 0.248 e. The molecule has 1 fully saturated rings. The van der Waals surface area contributed by atoms with Gasteiger partial charge in [0, 0.05) is 35.5 Å². The fourth-order valence-electron chi connectivity index (χ4n) is 2.42. The van der Waals surface area contributed by atoms with E-state index in [0.717, 1.165) is 18.4 Å². The first-order chi connectivity index (χ1) is 12.1. The quantitative estimate of drug-likeness (QED) is 0.754. The largest absolute Gasteiger partial charge is 0.356 e. The average molecular weight is 378 g/mol. The smallest absolute Gasteiger partial charge is 0.248 e. The van der Waals surface area contributed by atoms with Gasteiger partial charge < -0.3 is 9.88 Å². The van der Waals surface area contributed by atoms with E-state index >= 15 is 0 Å². The number of benzene rings is 1. The van der Waals surface area contributed by atoms with Crippen molar-refractivity contribution in [3.05, 3.63) is 51.2 Å². The van der Waals surface area contributed by atoms with E-state index in [4.69, 9.17) is 11.6 Å². The highest BCUT2D eigenvalue weighted by molar-refractivity contribution is 7.07. The highest BCUT2D eigenvalue weighted by Gasteiger charge is 2.28. The molecule has 0 radical (unpaired) electrons. The molecule has 3 rings (SSSR count). The van der Waals surface area contributed by atoms with Gasteiger partial charge >= 0.3 is 0 Å². The van der Waals surface area contributed by atoms with Gasteiger partial charge in [0.1, 0.15) is 0 Å². The van der Waals surface area contributed by atoms with E-state index in [1.54, 1.807) is 0 Å². The Balaban J connectivity index is 1.54. The van der Waals surface area contributed by atoms with Crippen LogP contribution in [0.5, 0.6) is 0 Å². The number of thiazole rings is 1. The molecule has 2 amide bonds. The summed E-state index contributed by atoms with van der Waals surface area (Å²) in [6.07, 6.45) is 4.81. The maximum atomic E-state index is 12.1. The second kappa shape index (κ2) is 8.45. The summed E-state index contributed by atoms with van der Waals surface area (Å²) >= 11 is 7.62. The van der Waals surface area contributed by atoms with Gasteiger partial charge in [0.25, 0.3) is 0 Å². The zero-order valence-electron chi connectivity index (χ0n) is 13.8. The first kappa shape index (κ1) is 17.9. The molecule has 1 aliphatic carbocycles. The molecule has 5 nitrogen and oxygen atoms in total. The van der Waals surface area contributed by atoms with Crippen molar-refractivity contribution in [1.29, 1.82) is 0 Å². The third-order valence-corrected chi connectivity index (χ3v) is 5.16. The Morgan fingerprint density at radius 3 is 2.88 bits per heavy atom. The van der Waals surface area contributed by atoms with E-state index in [1.807, 2.05) is 40.4 Å². The highest BCUT2D eigenvalue weighted by atomic mass is 35.5. The van der Waals surface area contributed by atoms with Crippen LogP contribution in [-0.2, 0) is 16.1 Å². The van der Waals surface area contributed by atoms with Crippen molar-refractivity contribution in [2.24, 2.45) is 10.9 Å². The Hall–Kier alpha value is -1.92. The molecule has 2 aromatic rings. The van der Waals surface area contributed by atoms with E-state index in [-0.39, 0.29) is 17.7 Å². The predicted molar refractivity (Wildman–Crippen MR) is 98.4 cm³/mol. The van der Waals surface area contributed by atoms with Gasteiger partial charge in [-0.15, -0.1) is 11.3 Å². The van der Waals surface area contributed by atoms with Crippen molar-refractivity contribution in [1.82, 2.24) is 9.88 Å².